The zero-order valence-corrected chi connectivity index (χ0v) is 15.3. The van der Waals surface area contributed by atoms with Crippen LogP contribution in [0.5, 0.6) is 5.88 Å². The highest BCUT2D eigenvalue weighted by Crippen LogP contribution is 2.37. The quantitative estimate of drug-likeness (QED) is 0.697. The number of hydrogen-bond donors (Lipinski definition) is 0. The zero-order valence-electron chi connectivity index (χ0n) is 15.3. The molecule has 5 rings (SSSR count). The number of fused-ring (bicyclic) bond motifs is 1. The van der Waals surface area contributed by atoms with Crippen molar-refractivity contribution in [2.45, 2.75) is 18.9 Å². The molecule has 1 fully saturated rings. The molecule has 0 radical (unpaired) electrons. The Kier molecular flexibility index (Phi) is 4.20. The number of amides is 1. The summed E-state index contributed by atoms with van der Waals surface area (Å²) in [5, 5.41) is 0. The molecule has 2 aliphatic heterocycles. The summed E-state index contributed by atoms with van der Waals surface area (Å²) in [6.45, 7) is 2.03. The molecule has 1 atom stereocenters. The largest absolute Gasteiger partial charge is 0.472 e. The van der Waals surface area contributed by atoms with Crippen molar-refractivity contribution >= 4 is 17.4 Å². The fourth-order valence-corrected chi connectivity index (χ4v) is 3.88. The molecule has 7 nitrogen and oxygen atoms in total. The third-order valence-electron chi connectivity index (χ3n) is 5.27. The van der Waals surface area contributed by atoms with Gasteiger partial charge in [0.05, 0.1) is 18.4 Å². The van der Waals surface area contributed by atoms with Crippen molar-refractivity contribution in [1.82, 2.24) is 14.9 Å². The van der Waals surface area contributed by atoms with E-state index in [2.05, 4.69) is 33.1 Å². The summed E-state index contributed by atoms with van der Waals surface area (Å²) in [6, 6.07) is 10.0. The molecule has 2 aliphatic rings. The van der Waals surface area contributed by atoms with Crippen LogP contribution in [0.4, 0.5) is 11.5 Å². The Labute approximate surface area is 162 Å². The number of hydrogen-bond acceptors (Lipinski definition) is 6. The van der Waals surface area contributed by atoms with Crippen LogP contribution in [0.1, 0.15) is 22.3 Å². The maximum absolute atomic E-state index is 12.5. The van der Waals surface area contributed by atoms with Gasteiger partial charge in [-0.1, -0.05) is 18.2 Å². The molecule has 0 spiro atoms. The second kappa shape index (κ2) is 6.99. The SMILES string of the molecule is O=C(c1ccoc1)N1CCC(Oc2nccnc2N2CCc3ccccc32)C1. The standard InChI is InChI=1S/C21H20N4O3/c26-21(16-7-12-27-14-16)24-10-6-17(13-24)28-20-19(22-8-9-23-20)25-11-5-15-3-1-2-4-18(15)25/h1-4,7-9,12,14,17H,5-6,10-11,13H2. The van der Waals surface area contributed by atoms with Gasteiger partial charge in [-0.05, 0) is 24.1 Å². The molecule has 1 unspecified atom stereocenters. The van der Waals surface area contributed by atoms with Crippen molar-refractivity contribution in [3.63, 3.8) is 0 Å². The Morgan fingerprint density at radius 3 is 2.93 bits per heavy atom. The summed E-state index contributed by atoms with van der Waals surface area (Å²) in [6.07, 6.45) is 7.94. The van der Waals surface area contributed by atoms with Gasteiger partial charge in [0.15, 0.2) is 5.82 Å². The van der Waals surface area contributed by atoms with E-state index < -0.39 is 0 Å². The highest BCUT2D eigenvalue weighted by molar-refractivity contribution is 5.94. The van der Waals surface area contributed by atoms with E-state index in [-0.39, 0.29) is 12.0 Å². The number of carbonyl (C=O) groups is 1. The van der Waals surface area contributed by atoms with E-state index in [9.17, 15) is 4.79 Å². The van der Waals surface area contributed by atoms with Gasteiger partial charge in [0.25, 0.3) is 11.8 Å². The van der Waals surface area contributed by atoms with Gasteiger partial charge in [0, 0.05) is 37.6 Å². The predicted octanol–water partition coefficient (Wildman–Crippen LogP) is 3.06. The number of benzene rings is 1. The van der Waals surface area contributed by atoms with Crippen molar-refractivity contribution in [3.8, 4) is 5.88 Å². The minimum absolute atomic E-state index is 0.0345. The molecule has 0 aliphatic carbocycles. The van der Waals surface area contributed by atoms with Gasteiger partial charge in [-0.3, -0.25) is 4.79 Å². The normalized spacial score (nSPS) is 18.4. The number of rotatable bonds is 4. The van der Waals surface area contributed by atoms with E-state index in [1.807, 2.05) is 6.07 Å². The van der Waals surface area contributed by atoms with E-state index in [4.69, 9.17) is 9.15 Å². The molecule has 0 bridgehead atoms. The Bertz CT molecular complexity index is 989. The van der Waals surface area contributed by atoms with Crippen LogP contribution in [0, 0.1) is 0 Å². The average Bonchev–Trinajstić information content (AvgIpc) is 3.49. The number of para-hydroxylation sites is 1. The molecule has 0 saturated carbocycles. The molecule has 7 heteroatoms. The summed E-state index contributed by atoms with van der Waals surface area (Å²) in [5.41, 5.74) is 3.02. The van der Waals surface area contributed by atoms with Gasteiger partial charge in [-0.15, -0.1) is 0 Å². The van der Waals surface area contributed by atoms with Gasteiger partial charge in [-0.25, -0.2) is 9.97 Å². The first-order chi connectivity index (χ1) is 13.8. The monoisotopic (exact) mass is 376 g/mol. The Hall–Kier alpha value is -3.35. The van der Waals surface area contributed by atoms with Gasteiger partial charge in [-0.2, -0.15) is 0 Å². The molecule has 2 aromatic heterocycles. The lowest BCUT2D eigenvalue weighted by molar-refractivity contribution is 0.0770. The third kappa shape index (κ3) is 2.98. The minimum atomic E-state index is -0.107. The van der Waals surface area contributed by atoms with E-state index in [1.165, 1.54) is 18.1 Å². The number of aromatic nitrogens is 2. The average molecular weight is 376 g/mol. The van der Waals surface area contributed by atoms with Crippen molar-refractivity contribution in [2.75, 3.05) is 24.5 Å². The molecular weight excluding hydrogens is 356 g/mol. The van der Waals surface area contributed by atoms with Crippen LogP contribution >= 0.6 is 0 Å². The molecule has 1 saturated heterocycles. The lowest BCUT2D eigenvalue weighted by Crippen LogP contribution is -2.31. The minimum Gasteiger partial charge on any atom is -0.472 e. The van der Waals surface area contributed by atoms with E-state index in [0.29, 0.717) is 24.5 Å². The van der Waals surface area contributed by atoms with Gasteiger partial charge in [0.2, 0.25) is 0 Å². The van der Waals surface area contributed by atoms with E-state index in [0.717, 1.165) is 30.9 Å². The molecule has 3 aromatic rings. The highest BCUT2D eigenvalue weighted by Gasteiger charge is 2.31. The number of likely N-dealkylation sites (tertiary alicyclic amines) is 1. The first-order valence-electron chi connectivity index (χ1n) is 9.44. The predicted molar refractivity (Wildman–Crippen MR) is 103 cm³/mol. The number of carbonyl (C=O) groups excluding carboxylic acids is 1. The molecular formula is C21H20N4O3. The number of ether oxygens (including phenoxy) is 1. The fourth-order valence-electron chi connectivity index (χ4n) is 3.88. The Morgan fingerprint density at radius 1 is 1.14 bits per heavy atom. The lowest BCUT2D eigenvalue weighted by Gasteiger charge is -2.22. The first-order valence-corrected chi connectivity index (χ1v) is 9.44. The van der Waals surface area contributed by atoms with E-state index in [1.54, 1.807) is 23.4 Å². The molecule has 1 amide bonds. The molecule has 142 valence electrons. The van der Waals surface area contributed by atoms with Crippen LogP contribution < -0.4 is 9.64 Å². The lowest BCUT2D eigenvalue weighted by atomic mass is 10.2. The van der Waals surface area contributed by atoms with Crippen LogP contribution in [0.2, 0.25) is 0 Å². The Morgan fingerprint density at radius 2 is 2.04 bits per heavy atom. The summed E-state index contributed by atoms with van der Waals surface area (Å²) in [5.74, 6) is 1.21. The van der Waals surface area contributed by atoms with Crippen molar-refractivity contribution < 1.29 is 13.9 Å². The van der Waals surface area contributed by atoms with Crippen molar-refractivity contribution in [1.29, 1.82) is 0 Å². The van der Waals surface area contributed by atoms with Crippen LogP contribution in [0.25, 0.3) is 0 Å². The Balaban J connectivity index is 1.33. The fraction of sp³-hybridized carbons (Fsp3) is 0.286. The van der Waals surface area contributed by atoms with Crippen LogP contribution in [-0.4, -0.2) is 46.5 Å². The maximum Gasteiger partial charge on any atom is 0.258 e. The first kappa shape index (κ1) is 16.8. The zero-order chi connectivity index (χ0) is 18.9. The van der Waals surface area contributed by atoms with Gasteiger partial charge in [0.1, 0.15) is 12.4 Å². The number of furan rings is 1. The molecule has 1 aromatic carbocycles. The van der Waals surface area contributed by atoms with Crippen LogP contribution in [0.3, 0.4) is 0 Å². The highest BCUT2D eigenvalue weighted by atomic mass is 16.5. The molecule has 4 heterocycles. The smallest absolute Gasteiger partial charge is 0.258 e. The van der Waals surface area contributed by atoms with Crippen LogP contribution in [0.15, 0.2) is 59.7 Å². The maximum atomic E-state index is 12.5. The van der Waals surface area contributed by atoms with Crippen molar-refractivity contribution in [3.05, 3.63) is 66.4 Å². The van der Waals surface area contributed by atoms with Gasteiger partial charge < -0.3 is 19.0 Å². The number of anilines is 2. The second-order valence-electron chi connectivity index (χ2n) is 7.01. The molecule has 28 heavy (non-hydrogen) atoms. The second-order valence-corrected chi connectivity index (χ2v) is 7.01. The van der Waals surface area contributed by atoms with E-state index >= 15 is 0 Å². The van der Waals surface area contributed by atoms with Crippen molar-refractivity contribution in [2.24, 2.45) is 0 Å². The van der Waals surface area contributed by atoms with Gasteiger partial charge >= 0.3 is 0 Å². The molecule has 0 N–H and O–H groups in total. The van der Waals surface area contributed by atoms with Crippen LogP contribution in [-0.2, 0) is 6.42 Å². The summed E-state index contributed by atoms with van der Waals surface area (Å²) >= 11 is 0. The summed E-state index contributed by atoms with van der Waals surface area (Å²) < 4.78 is 11.2. The summed E-state index contributed by atoms with van der Waals surface area (Å²) in [7, 11) is 0. The number of nitrogens with zero attached hydrogens (tertiary/aromatic N) is 4. The summed E-state index contributed by atoms with van der Waals surface area (Å²) in [4.78, 5) is 25.4. The third-order valence-corrected chi connectivity index (χ3v) is 5.27. The topological polar surface area (TPSA) is 71.7 Å².